The van der Waals surface area contributed by atoms with Crippen LogP contribution in [-0.4, -0.2) is 27.9 Å². The molecule has 0 saturated heterocycles. The predicted molar refractivity (Wildman–Crippen MR) is 76.1 cm³/mol. The number of carbonyl (C=O) groups is 2. The van der Waals surface area contributed by atoms with Gasteiger partial charge in [-0.1, -0.05) is 20.8 Å². The summed E-state index contributed by atoms with van der Waals surface area (Å²) in [6, 6.07) is 4.61. The Balaban J connectivity index is 2.86. The van der Waals surface area contributed by atoms with Gasteiger partial charge in [0.2, 0.25) is 0 Å². The number of hydrogen-bond donors (Lipinski definition) is 2. The molecule has 0 aliphatic rings. The summed E-state index contributed by atoms with van der Waals surface area (Å²) in [5.41, 5.74) is -0.279. The Hall–Kier alpha value is -2.44. The molecule has 1 atom stereocenters. The third-order valence-electron chi connectivity index (χ3n) is 3.07. The van der Waals surface area contributed by atoms with E-state index in [0.29, 0.717) is 0 Å². The summed E-state index contributed by atoms with van der Waals surface area (Å²) in [4.78, 5) is 33.0. The lowest BCUT2D eigenvalue weighted by Gasteiger charge is -2.30. The van der Waals surface area contributed by atoms with E-state index in [-0.39, 0.29) is 17.7 Å². The number of nitrogens with zero attached hydrogens (tertiary/aromatic N) is 1. The summed E-state index contributed by atoms with van der Waals surface area (Å²) >= 11 is 0. The van der Waals surface area contributed by atoms with Crippen LogP contribution in [-0.2, 0) is 4.79 Å². The molecule has 0 spiro atoms. The lowest BCUT2D eigenvalue weighted by Crippen LogP contribution is -2.45. The fourth-order valence-electron chi connectivity index (χ4n) is 1.72. The van der Waals surface area contributed by atoms with E-state index in [2.05, 4.69) is 5.32 Å². The molecular weight excluding hydrogens is 276 g/mol. The second kappa shape index (κ2) is 6.34. The van der Waals surface area contributed by atoms with Gasteiger partial charge >= 0.3 is 5.97 Å². The van der Waals surface area contributed by atoms with Gasteiger partial charge in [0, 0.05) is 23.7 Å². The Morgan fingerprint density at radius 1 is 1.29 bits per heavy atom. The maximum atomic E-state index is 12.1. The zero-order valence-corrected chi connectivity index (χ0v) is 12.1. The van der Waals surface area contributed by atoms with E-state index in [1.54, 1.807) is 0 Å². The van der Waals surface area contributed by atoms with Gasteiger partial charge in [0.25, 0.3) is 11.6 Å². The number of carboxylic acid groups (broad SMARTS) is 1. The highest BCUT2D eigenvalue weighted by Gasteiger charge is 2.28. The largest absolute Gasteiger partial charge is 0.481 e. The molecule has 0 aliphatic heterocycles. The van der Waals surface area contributed by atoms with Crippen molar-refractivity contribution in [2.24, 2.45) is 5.41 Å². The maximum absolute atomic E-state index is 12.1. The quantitative estimate of drug-likeness (QED) is 0.639. The normalized spacial score (nSPS) is 12.5. The Labute approximate surface area is 122 Å². The highest BCUT2D eigenvalue weighted by Crippen LogP contribution is 2.22. The van der Waals surface area contributed by atoms with Crippen molar-refractivity contribution < 1.29 is 19.6 Å². The Bertz CT molecular complexity index is 545. The highest BCUT2D eigenvalue weighted by atomic mass is 16.6. The number of aliphatic carboxylic acids is 1. The van der Waals surface area contributed by atoms with Crippen LogP contribution in [0.1, 0.15) is 37.6 Å². The highest BCUT2D eigenvalue weighted by molar-refractivity contribution is 5.94. The van der Waals surface area contributed by atoms with Crippen LogP contribution in [0.3, 0.4) is 0 Å². The number of benzene rings is 1. The van der Waals surface area contributed by atoms with E-state index >= 15 is 0 Å². The average molecular weight is 294 g/mol. The number of carbonyl (C=O) groups excluding carboxylic acids is 1. The van der Waals surface area contributed by atoms with Crippen molar-refractivity contribution in [3.63, 3.8) is 0 Å². The smallest absolute Gasteiger partial charge is 0.305 e. The van der Waals surface area contributed by atoms with Crippen LogP contribution < -0.4 is 5.32 Å². The van der Waals surface area contributed by atoms with E-state index in [0.717, 1.165) is 0 Å². The molecule has 0 aliphatic carbocycles. The molecule has 7 nitrogen and oxygen atoms in total. The standard InChI is InChI=1S/C14H18N2O5/c1-14(2,3)11(8-12(17)18)15-13(19)9-4-6-10(7-5-9)16(20)21/h4-7,11H,8H2,1-3H3,(H,15,19)(H,17,18). The SMILES string of the molecule is CC(C)(C)C(CC(=O)O)NC(=O)c1ccc([N+](=O)[O-])cc1. The van der Waals surface area contributed by atoms with E-state index < -0.39 is 28.3 Å². The van der Waals surface area contributed by atoms with Crippen LogP contribution in [0.5, 0.6) is 0 Å². The molecule has 0 bridgehead atoms. The van der Waals surface area contributed by atoms with Crippen LogP contribution in [0.15, 0.2) is 24.3 Å². The second-order valence-corrected chi connectivity index (χ2v) is 5.79. The van der Waals surface area contributed by atoms with Crippen molar-refractivity contribution in [3.8, 4) is 0 Å². The average Bonchev–Trinajstić information content (AvgIpc) is 2.36. The van der Waals surface area contributed by atoms with Crippen molar-refractivity contribution in [2.45, 2.75) is 33.2 Å². The number of nitro benzene ring substituents is 1. The molecule has 114 valence electrons. The first-order valence-electron chi connectivity index (χ1n) is 6.38. The van der Waals surface area contributed by atoms with Crippen LogP contribution in [0.2, 0.25) is 0 Å². The Kier molecular flexibility index (Phi) is 5.02. The fourth-order valence-corrected chi connectivity index (χ4v) is 1.72. The number of non-ortho nitro benzene ring substituents is 1. The Morgan fingerprint density at radius 2 is 1.81 bits per heavy atom. The summed E-state index contributed by atoms with van der Waals surface area (Å²) in [7, 11) is 0. The molecule has 0 fully saturated rings. The van der Waals surface area contributed by atoms with Gasteiger partial charge in [0.05, 0.1) is 11.3 Å². The first kappa shape index (κ1) is 16.6. The molecule has 0 heterocycles. The molecule has 1 aromatic rings. The van der Waals surface area contributed by atoms with Crippen molar-refractivity contribution >= 4 is 17.6 Å². The molecule has 2 N–H and O–H groups in total. The molecule has 1 amide bonds. The van der Waals surface area contributed by atoms with Gasteiger partial charge in [-0.05, 0) is 17.5 Å². The minimum Gasteiger partial charge on any atom is -0.481 e. The molecule has 1 rings (SSSR count). The summed E-state index contributed by atoms with van der Waals surface area (Å²) in [6.45, 7) is 5.49. The van der Waals surface area contributed by atoms with Crippen LogP contribution >= 0.6 is 0 Å². The van der Waals surface area contributed by atoms with Gasteiger partial charge < -0.3 is 10.4 Å². The molecule has 0 radical (unpaired) electrons. The molecule has 7 heteroatoms. The van der Waals surface area contributed by atoms with Crippen molar-refractivity contribution in [1.82, 2.24) is 5.32 Å². The zero-order valence-electron chi connectivity index (χ0n) is 12.1. The second-order valence-electron chi connectivity index (χ2n) is 5.79. The Morgan fingerprint density at radius 3 is 2.19 bits per heavy atom. The first-order chi connectivity index (χ1) is 9.61. The lowest BCUT2D eigenvalue weighted by atomic mass is 9.84. The third-order valence-corrected chi connectivity index (χ3v) is 3.07. The van der Waals surface area contributed by atoms with Gasteiger partial charge in [0.1, 0.15) is 0 Å². The molecular formula is C14H18N2O5. The van der Waals surface area contributed by atoms with E-state index in [4.69, 9.17) is 5.11 Å². The number of nitro groups is 1. The fraction of sp³-hybridized carbons (Fsp3) is 0.429. The molecule has 1 unspecified atom stereocenters. The maximum Gasteiger partial charge on any atom is 0.305 e. The number of rotatable bonds is 5. The summed E-state index contributed by atoms with van der Waals surface area (Å²) < 4.78 is 0. The third kappa shape index (κ3) is 4.87. The van der Waals surface area contributed by atoms with Gasteiger partial charge in [-0.25, -0.2) is 0 Å². The molecule has 21 heavy (non-hydrogen) atoms. The van der Waals surface area contributed by atoms with E-state index in [9.17, 15) is 19.7 Å². The summed E-state index contributed by atoms with van der Waals surface area (Å²) in [5.74, 6) is -1.45. The van der Waals surface area contributed by atoms with Crippen molar-refractivity contribution in [1.29, 1.82) is 0 Å². The number of carboxylic acids is 1. The van der Waals surface area contributed by atoms with Gasteiger partial charge in [-0.15, -0.1) is 0 Å². The van der Waals surface area contributed by atoms with Crippen molar-refractivity contribution in [2.75, 3.05) is 0 Å². The monoisotopic (exact) mass is 294 g/mol. The van der Waals surface area contributed by atoms with Crippen LogP contribution in [0.4, 0.5) is 5.69 Å². The molecule has 0 saturated carbocycles. The van der Waals surface area contributed by atoms with Crippen LogP contribution in [0.25, 0.3) is 0 Å². The van der Waals surface area contributed by atoms with E-state index in [1.165, 1.54) is 24.3 Å². The van der Waals surface area contributed by atoms with Gasteiger partial charge in [-0.2, -0.15) is 0 Å². The lowest BCUT2D eigenvalue weighted by molar-refractivity contribution is -0.384. The minimum atomic E-state index is -1.00. The molecule has 1 aromatic carbocycles. The zero-order chi connectivity index (χ0) is 16.2. The number of nitrogens with one attached hydrogen (secondary N) is 1. The molecule has 0 aromatic heterocycles. The van der Waals surface area contributed by atoms with Crippen LogP contribution in [0, 0.1) is 15.5 Å². The number of amides is 1. The minimum absolute atomic E-state index is 0.107. The van der Waals surface area contributed by atoms with E-state index in [1.807, 2.05) is 20.8 Å². The topological polar surface area (TPSA) is 110 Å². The first-order valence-corrected chi connectivity index (χ1v) is 6.38. The number of hydrogen-bond acceptors (Lipinski definition) is 4. The predicted octanol–water partition coefficient (Wildman–Crippen LogP) is 2.21. The summed E-state index contributed by atoms with van der Waals surface area (Å²) in [5, 5.41) is 22.1. The van der Waals surface area contributed by atoms with Gasteiger partial charge in [-0.3, -0.25) is 19.7 Å². The van der Waals surface area contributed by atoms with Crippen molar-refractivity contribution in [3.05, 3.63) is 39.9 Å². The van der Waals surface area contributed by atoms with Gasteiger partial charge in [0.15, 0.2) is 0 Å². The summed E-state index contributed by atoms with van der Waals surface area (Å²) in [6.07, 6.45) is -0.192.